The monoisotopic (exact) mass is 140 g/mol. The van der Waals surface area contributed by atoms with E-state index in [0.717, 1.165) is 0 Å². The molecule has 0 aliphatic rings. The van der Waals surface area contributed by atoms with E-state index in [1.807, 2.05) is 0 Å². The lowest BCUT2D eigenvalue weighted by Crippen LogP contribution is -2.06. The number of hydrogen-bond acceptors (Lipinski definition) is 5. The molecule has 0 aromatic heterocycles. The molecular weight excluding hydrogens is 131 g/mol. The summed E-state index contributed by atoms with van der Waals surface area (Å²) in [5.41, 5.74) is 4.44. The highest BCUT2D eigenvalue weighted by molar-refractivity contribution is 7.33. The van der Waals surface area contributed by atoms with Crippen LogP contribution in [0.1, 0.15) is 0 Å². The van der Waals surface area contributed by atoms with Gasteiger partial charge in [-0.25, -0.2) is 9.25 Å². The Balaban J connectivity index is 3.06. The van der Waals surface area contributed by atoms with E-state index >= 15 is 0 Å². The van der Waals surface area contributed by atoms with Gasteiger partial charge in [0.2, 0.25) is 0 Å². The number of nitrogens with one attached hydrogen (secondary N) is 2. The standard InChI is InChI=1S/C2H9N2O3P/c1-3-6-8(5)7-4-2/h3-4,8H,1-2H3. The van der Waals surface area contributed by atoms with Crippen molar-refractivity contribution in [2.45, 2.75) is 0 Å². The predicted molar refractivity (Wildman–Crippen MR) is 29.3 cm³/mol. The fraction of sp³-hybridized carbons (Fsp3) is 1.00. The van der Waals surface area contributed by atoms with E-state index in [4.69, 9.17) is 0 Å². The molecule has 0 aromatic rings. The smallest absolute Gasteiger partial charge is 0.260 e. The molecule has 6 heteroatoms. The summed E-state index contributed by atoms with van der Waals surface area (Å²) >= 11 is 0. The summed E-state index contributed by atoms with van der Waals surface area (Å²) in [6, 6.07) is 0. The minimum absolute atomic E-state index is 1.50. The molecule has 0 heterocycles. The van der Waals surface area contributed by atoms with Gasteiger partial charge in [-0.3, -0.25) is 4.57 Å². The van der Waals surface area contributed by atoms with Crippen molar-refractivity contribution in [3.8, 4) is 0 Å². The molecule has 8 heavy (non-hydrogen) atoms. The van der Waals surface area contributed by atoms with Crippen molar-refractivity contribution in [1.82, 2.24) is 11.0 Å². The fourth-order valence-electron chi connectivity index (χ4n) is 0.188. The molecule has 0 aromatic carbocycles. The molecule has 0 bridgehead atoms. The summed E-state index contributed by atoms with van der Waals surface area (Å²) in [6.07, 6.45) is 0. The summed E-state index contributed by atoms with van der Waals surface area (Å²) in [4.78, 5) is 0. The van der Waals surface area contributed by atoms with Gasteiger partial charge in [-0.1, -0.05) is 0 Å². The van der Waals surface area contributed by atoms with Crippen LogP contribution in [0.4, 0.5) is 0 Å². The number of hydroxylamine groups is 2. The lowest BCUT2D eigenvalue weighted by Gasteiger charge is -1.98. The third-order valence-electron chi connectivity index (χ3n) is 0.371. The van der Waals surface area contributed by atoms with Gasteiger partial charge in [-0.05, 0) is 0 Å². The van der Waals surface area contributed by atoms with E-state index in [9.17, 15) is 4.57 Å². The summed E-state index contributed by atoms with van der Waals surface area (Å²) in [6.45, 7) is 0. The van der Waals surface area contributed by atoms with Crippen LogP contribution in [0.15, 0.2) is 0 Å². The molecule has 0 rings (SSSR count). The zero-order valence-corrected chi connectivity index (χ0v) is 5.72. The molecule has 0 aliphatic carbocycles. The van der Waals surface area contributed by atoms with E-state index in [1.54, 1.807) is 0 Å². The van der Waals surface area contributed by atoms with Crippen molar-refractivity contribution in [3.63, 3.8) is 0 Å². The average Bonchev–Trinajstić information content (AvgIpc) is 1.68. The van der Waals surface area contributed by atoms with Gasteiger partial charge in [-0.15, -0.1) is 0 Å². The highest BCUT2D eigenvalue weighted by Gasteiger charge is 1.92. The van der Waals surface area contributed by atoms with Crippen LogP contribution in [0.25, 0.3) is 0 Å². The molecule has 5 nitrogen and oxygen atoms in total. The summed E-state index contributed by atoms with van der Waals surface area (Å²) in [5.74, 6) is 0. The molecule has 0 saturated carbocycles. The molecule has 0 spiro atoms. The Morgan fingerprint density at radius 3 is 1.88 bits per heavy atom. The quantitative estimate of drug-likeness (QED) is 0.414. The van der Waals surface area contributed by atoms with E-state index < -0.39 is 8.25 Å². The van der Waals surface area contributed by atoms with E-state index in [-0.39, 0.29) is 0 Å². The van der Waals surface area contributed by atoms with Crippen LogP contribution in [0.5, 0.6) is 0 Å². The average molecular weight is 140 g/mol. The predicted octanol–water partition coefficient (Wildman–Crippen LogP) is -0.322. The molecule has 0 aliphatic heterocycles. The van der Waals surface area contributed by atoms with Gasteiger partial charge in [0.25, 0.3) is 0 Å². The van der Waals surface area contributed by atoms with Crippen molar-refractivity contribution in [2.24, 2.45) is 0 Å². The van der Waals surface area contributed by atoms with E-state index in [2.05, 4.69) is 20.2 Å². The van der Waals surface area contributed by atoms with Crippen LogP contribution in [0.2, 0.25) is 0 Å². The summed E-state index contributed by atoms with van der Waals surface area (Å²) in [7, 11) is 0.639. The lowest BCUT2D eigenvalue weighted by molar-refractivity contribution is 0.140. The van der Waals surface area contributed by atoms with Crippen LogP contribution in [0.3, 0.4) is 0 Å². The second-order valence-corrected chi connectivity index (χ2v) is 1.77. The third kappa shape index (κ3) is 4.23. The van der Waals surface area contributed by atoms with Crippen molar-refractivity contribution < 1.29 is 13.8 Å². The fourth-order valence-corrected chi connectivity index (χ4v) is 0.563. The normalized spacial score (nSPS) is 10.4. The molecule has 0 atom stereocenters. The first-order valence-corrected chi connectivity index (χ1v) is 3.25. The Hall–Kier alpha value is 0.0700. The van der Waals surface area contributed by atoms with Crippen LogP contribution < -0.4 is 11.0 Å². The van der Waals surface area contributed by atoms with Gasteiger partial charge in [-0.2, -0.15) is 11.0 Å². The first-order valence-electron chi connectivity index (χ1n) is 2.02. The van der Waals surface area contributed by atoms with Gasteiger partial charge in [0, 0.05) is 14.1 Å². The second-order valence-electron chi connectivity index (χ2n) is 0.862. The second kappa shape index (κ2) is 5.21. The highest BCUT2D eigenvalue weighted by Crippen LogP contribution is 2.17. The molecule has 0 amide bonds. The Morgan fingerprint density at radius 2 is 1.62 bits per heavy atom. The maximum atomic E-state index is 10.3. The first-order chi connectivity index (χ1) is 3.81. The Morgan fingerprint density at radius 1 is 1.25 bits per heavy atom. The maximum Gasteiger partial charge on any atom is 0.351 e. The van der Waals surface area contributed by atoms with Crippen molar-refractivity contribution in [2.75, 3.05) is 14.1 Å². The van der Waals surface area contributed by atoms with Gasteiger partial charge in [0.05, 0.1) is 0 Å². The van der Waals surface area contributed by atoms with Crippen LogP contribution in [-0.2, 0) is 13.8 Å². The van der Waals surface area contributed by atoms with E-state index in [1.165, 1.54) is 14.1 Å². The van der Waals surface area contributed by atoms with Crippen molar-refractivity contribution >= 4 is 8.25 Å². The van der Waals surface area contributed by atoms with Gasteiger partial charge < -0.3 is 0 Å². The Bertz CT molecular complexity index is 69.7. The molecular formula is C2H9N2O3P. The topological polar surface area (TPSA) is 59.6 Å². The Kier molecular flexibility index (Phi) is 5.26. The Labute approximate surface area is 48.2 Å². The third-order valence-corrected chi connectivity index (χ3v) is 1.11. The van der Waals surface area contributed by atoms with Gasteiger partial charge in [0.15, 0.2) is 0 Å². The zero-order valence-electron chi connectivity index (χ0n) is 4.72. The van der Waals surface area contributed by atoms with Gasteiger partial charge in [0.1, 0.15) is 0 Å². The number of hydrogen-bond donors (Lipinski definition) is 2. The van der Waals surface area contributed by atoms with Crippen molar-refractivity contribution in [1.29, 1.82) is 0 Å². The summed E-state index contributed by atoms with van der Waals surface area (Å²) in [5, 5.41) is 0. The first kappa shape index (κ1) is 8.07. The minimum atomic E-state index is -2.36. The molecule has 0 saturated heterocycles. The van der Waals surface area contributed by atoms with Crippen molar-refractivity contribution in [3.05, 3.63) is 0 Å². The molecule has 0 radical (unpaired) electrons. The highest BCUT2D eigenvalue weighted by atomic mass is 31.1. The largest absolute Gasteiger partial charge is 0.351 e. The molecule has 50 valence electrons. The maximum absolute atomic E-state index is 10.3. The molecule has 0 fully saturated rings. The number of rotatable bonds is 4. The molecule has 2 N–H and O–H groups in total. The molecule has 0 unspecified atom stereocenters. The van der Waals surface area contributed by atoms with Crippen LogP contribution in [0, 0.1) is 0 Å². The minimum Gasteiger partial charge on any atom is -0.260 e. The van der Waals surface area contributed by atoms with E-state index in [0.29, 0.717) is 0 Å². The van der Waals surface area contributed by atoms with Gasteiger partial charge >= 0.3 is 8.25 Å². The lowest BCUT2D eigenvalue weighted by atomic mass is 11.6. The van der Waals surface area contributed by atoms with Crippen LogP contribution in [-0.4, -0.2) is 14.1 Å². The SMILES string of the molecule is CNO[PH](=O)ONC. The summed E-state index contributed by atoms with van der Waals surface area (Å²) < 4.78 is 18.8. The van der Waals surface area contributed by atoms with Crippen LogP contribution >= 0.6 is 8.25 Å². The zero-order chi connectivity index (χ0) is 6.41.